The zero-order chi connectivity index (χ0) is 12.8. The summed E-state index contributed by atoms with van der Waals surface area (Å²) < 4.78 is 9.04. The van der Waals surface area contributed by atoms with E-state index in [4.69, 9.17) is 5.26 Å². The van der Waals surface area contributed by atoms with Gasteiger partial charge in [-0.3, -0.25) is 0 Å². The van der Waals surface area contributed by atoms with Crippen LogP contribution in [0.5, 0.6) is 0 Å². The van der Waals surface area contributed by atoms with Gasteiger partial charge in [0.1, 0.15) is 13.2 Å². The van der Waals surface area contributed by atoms with Crippen LogP contribution in [0.1, 0.15) is 0 Å². The molecule has 0 aliphatic heterocycles. The Bertz CT molecular complexity index is 280. The Morgan fingerprint density at radius 3 is 1.56 bits per heavy atom. The second-order valence-electron chi connectivity index (χ2n) is 2.08. The summed E-state index contributed by atoms with van der Waals surface area (Å²) in [4.78, 5) is 20.9. The summed E-state index contributed by atoms with van der Waals surface area (Å²) in [5.74, 6) is -1.07. The molecule has 0 fully saturated rings. The topological polar surface area (TPSA) is 76.4 Å². The fourth-order valence-corrected chi connectivity index (χ4v) is 0.402. The van der Waals surface area contributed by atoms with Crippen molar-refractivity contribution >= 4 is 11.9 Å². The average Bonchev–Trinajstić information content (AvgIpc) is 2.34. The van der Waals surface area contributed by atoms with Crippen molar-refractivity contribution in [2.75, 3.05) is 13.2 Å². The first-order valence-electron chi connectivity index (χ1n) is 4.21. The minimum absolute atomic E-state index is 0.0322. The van der Waals surface area contributed by atoms with E-state index in [-0.39, 0.29) is 13.2 Å². The summed E-state index contributed by atoms with van der Waals surface area (Å²) >= 11 is 0. The number of rotatable bonds is 5. The smallest absolute Gasteiger partial charge is 0.330 e. The molecule has 0 aromatic heterocycles. The summed E-state index contributed by atoms with van der Waals surface area (Å²) in [5.41, 5.74) is 0. The van der Waals surface area contributed by atoms with Gasteiger partial charge in [-0.25, -0.2) is 9.59 Å². The number of nitrogens with zero attached hydrogens (tertiary/aromatic N) is 1. The Hall–Kier alpha value is -2.35. The number of allylic oxidation sites excluding steroid dienone is 1. The van der Waals surface area contributed by atoms with Crippen LogP contribution in [-0.2, 0) is 19.1 Å². The zero-order valence-corrected chi connectivity index (χ0v) is 8.85. The van der Waals surface area contributed by atoms with Crippen molar-refractivity contribution in [2.24, 2.45) is 0 Å². The summed E-state index contributed by atoms with van der Waals surface area (Å²) in [6.45, 7) is 9.57. The molecule has 0 aromatic carbocycles. The summed E-state index contributed by atoms with van der Waals surface area (Å²) in [6.07, 6.45) is 3.25. The lowest BCUT2D eigenvalue weighted by atomic mass is 10.6. The average molecular weight is 223 g/mol. The van der Waals surface area contributed by atoms with Crippen molar-refractivity contribution in [2.45, 2.75) is 0 Å². The van der Waals surface area contributed by atoms with Gasteiger partial charge in [-0.1, -0.05) is 19.7 Å². The van der Waals surface area contributed by atoms with E-state index in [1.807, 2.05) is 0 Å². The molecule has 0 radical (unpaired) electrons. The predicted molar refractivity (Wildman–Crippen MR) is 58.1 cm³/mol. The van der Waals surface area contributed by atoms with E-state index in [1.165, 1.54) is 6.08 Å². The van der Waals surface area contributed by atoms with Crippen LogP contribution >= 0.6 is 0 Å². The molecule has 0 unspecified atom stereocenters. The van der Waals surface area contributed by atoms with Crippen molar-refractivity contribution in [1.29, 1.82) is 5.26 Å². The number of carbonyl (C=O) groups is 2. The van der Waals surface area contributed by atoms with Gasteiger partial charge in [-0.05, 0) is 0 Å². The lowest BCUT2D eigenvalue weighted by Gasteiger charge is -2.01. The molecule has 0 atom stereocenters. The molecule has 0 rings (SSSR count). The Balaban J connectivity index is 0. The number of hydrogen-bond donors (Lipinski definition) is 0. The van der Waals surface area contributed by atoms with E-state index in [9.17, 15) is 9.59 Å². The van der Waals surface area contributed by atoms with Crippen LogP contribution in [0.25, 0.3) is 0 Å². The molecule has 0 aliphatic carbocycles. The molecule has 5 nitrogen and oxygen atoms in total. The molecule has 0 spiro atoms. The van der Waals surface area contributed by atoms with Gasteiger partial charge in [0.25, 0.3) is 0 Å². The SMILES string of the molecule is C=CC#N.C=CC(=O)OCCOC(=O)C=C. The third-order valence-electron chi connectivity index (χ3n) is 0.997. The minimum atomic E-state index is -0.537. The molecule has 5 heteroatoms. The fraction of sp³-hybridized carbons (Fsp3) is 0.182. The van der Waals surface area contributed by atoms with Gasteiger partial charge in [0, 0.05) is 18.2 Å². The number of esters is 2. The van der Waals surface area contributed by atoms with E-state index in [0.717, 1.165) is 12.2 Å². The molecule has 16 heavy (non-hydrogen) atoms. The van der Waals surface area contributed by atoms with Crippen molar-refractivity contribution in [3.05, 3.63) is 38.0 Å². The highest BCUT2D eigenvalue weighted by molar-refractivity contribution is 5.81. The zero-order valence-electron chi connectivity index (χ0n) is 8.85. The highest BCUT2D eigenvalue weighted by atomic mass is 16.6. The van der Waals surface area contributed by atoms with E-state index in [2.05, 4.69) is 29.2 Å². The van der Waals surface area contributed by atoms with Gasteiger partial charge in [0.2, 0.25) is 0 Å². The maximum absolute atomic E-state index is 10.4. The minimum Gasteiger partial charge on any atom is -0.459 e. The van der Waals surface area contributed by atoms with Crippen LogP contribution in [0.3, 0.4) is 0 Å². The largest absolute Gasteiger partial charge is 0.459 e. The van der Waals surface area contributed by atoms with Crippen LogP contribution in [0, 0.1) is 11.3 Å². The van der Waals surface area contributed by atoms with Gasteiger partial charge in [-0.2, -0.15) is 5.26 Å². The van der Waals surface area contributed by atoms with Crippen molar-refractivity contribution in [3.63, 3.8) is 0 Å². The number of nitriles is 1. The third-order valence-corrected chi connectivity index (χ3v) is 0.997. The first kappa shape index (κ1) is 16.1. The molecular formula is C11H13NO4. The first-order chi connectivity index (χ1) is 7.62. The predicted octanol–water partition coefficient (Wildman–Crippen LogP) is 1.14. The van der Waals surface area contributed by atoms with E-state index in [1.54, 1.807) is 6.07 Å². The molecule has 0 heterocycles. The lowest BCUT2D eigenvalue weighted by molar-refractivity contribution is -0.146. The third kappa shape index (κ3) is 14.2. The van der Waals surface area contributed by atoms with Gasteiger partial charge in [0.05, 0.1) is 6.07 Å². The second-order valence-corrected chi connectivity index (χ2v) is 2.08. The molecule has 0 saturated heterocycles. The molecule has 86 valence electrons. The Labute approximate surface area is 94.3 Å². The van der Waals surface area contributed by atoms with Crippen molar-refractivity contribution in [3.8, 4) is 6.07 Å². The molecule has 0 amide bonds. The Kier molecular flexibility index (Phi) is 12.7. The van der Waals surface area contributed by atoms with Gasteiger partial charge in [-0.15, -0.1) is 0 Å². The molecule has 0 saturated carbocycles. The molecule has 0 aliphatic rings. The normalized spacial score (nSPS) is 7.19. The van der Waals surface area contributed by atoms with Gasteiger partial charge in [0.15, 0.2) is 0 Å². The first-order valence-corrected chi connectivity index (χ1v) is 4.21. The van der Waals surface area contributed by atoms with Gasteiger partial charge >= 0.3 is 11.9 Å². The molecule has 0 N–H and O–H groups in total. The molecule has 0 bridgehead atoms. The Morgan fingerprint density at radius 1 is 1.06 bits per heavy atom. The van der Waals surface area contributed by atoms with Crippen LogP contribution < -0.4 is 0 Å². The lowest BCUT2D eigenvalue weighted by Crippen LogP contribution is -2.10. The maximum Gasteiger partial charge on any atom is 0.330 e. The van der Waals surface area contributed by atoms with E-state index in [0.29, 0.717) is 0 Å². The van der Waals surface area contributed by atoms with Crippen molar-refractivity contribution < 1.29 is 19.1 Å². The highest BCUT2D eigenvalue weighted by Crippen LogP contribution is 1.82. The van der Waals surface area contributed by atoms with Crippen LogP contribution in [0.4, 0.5) is 0 Å². The standard InChI is InChI=1S/C8H10O4.C3H3N/c1-3-7(9)11-5-6-12-8(10)4-2;1-2-3-4/h3-4H,1-2,5-6H2;2H,1H2. The monoisotopic (exact) mass is 223 g/mol. The van der Waals surface area contributed by atoms with Crippen LogP contribution in [-0.4, -0.2) is 25.2 Å². The summed E-state index contributed by atoms with van der Waals surface area (Å²) in [7, 11) is 0. The van der Waals surface area contributed by atoms with Crippen LogP contribution in [0.2, 0.25) is 0 Å². The number of ether oxygens (including phenoxy) is 2. The summed E-state index contributed by atoms with van der Waals surface area (Å²) in [6, 6.07) is 1.69. The summed E-state index contributed by atoms with van der Waals surface area (Å²) in [5, 5.41) is 7.51. The Morgan fingerprint density at radius 2 is 1.38 bits per heavy atom. The van der Waals surface area contributed by atoms with Crippen molar-refractivity contribution in [1.82, 2.24) is 0 Å². The second kappa shape index (κ2) is 12.7. The van der Waals surface area contributed by atoms with E-state index < -0.39 is 11.9 Å². The highest BCUT2D eigenvalue weighted by Gasteiger charge is 1.97. The number of hydrogen-bond acceptors (Lipinski definition) is 5. The maximum atomic E-state index is 10.4. The molecule has 0 aromatic rings. The van der Waals surface area contributed by atoms with Gasteiger partial charge < -0.3 is 9.47 Å². The molecular weight excluding hydrogens is 210 g/mol. The number of carbonyl (C=O) groups excluding carboxylic acids is 2. The van der Waals surface area contributed by atoms with E-state index >= 15 is 0 Å². The fourth-order valence-electron chi connectivity index (χ4n) is 0.402. The quantitative estimate of drug-likeness (QED) is 0.302. The van der Waals surface area contributed by atoms with Crippen LogP contribution in [0.15, 0.2) is 38.0 Å².